The normalized spacial score (nSPS) is 21.6. The lowest BCUT2D eigenvalue weighted by Gasteiger charge is -2.27. The number of para-hydroxylation sites is 1. The van der Waals surface area contributed by atoms with Crippen LogP contribution in [0.3, 0.4) is 0 Å². The zero-order valence-corrected chi connectivity index (χ0v) is 25.7. The van der Waals surface area contributed by atoms with E-state index < -0.39 is 74.4 Å². The molecule has 3 atom stereocenters. The summed E-state index contributed by atoms with van der Waals surface area (Å²) in [4.78, 5) is 55.4. The van der Waals surface area contributed by atoms with Crippen LogP contribution in [0.1, 0.15) is 31.2 Å². The van der Waals surface area contributed by atoms with E-state index in [1.807, 2.05) is 36.4 Å². The number of nitrogens with zero attached hydrogens (tertiary/aromatic N) is 3. The molecule has 14 nitrogen and oxygen atoms in total. The Hall–Kier alpha value is -4.89. The lowest BCUT2D eigenvalue weighted by atomic mass is 10.0. The van der Waals surface area contributed by atoms with Crippen molar-refractivity contribution < 1.29 is 41.9 Å². The van der Waals surface area contributed by atoms with Crippen LogP contribution in [0.15, 0.2) is 65.7 Å². The Morgan fingerprint density at radius 2 is 2.00 bits per heavy atom. The molecule has 1 saturated heterocycles. The summed E-state index contributed by atoms with van der Waals surface area (Å²) in [6, 6.07) is 11.3. The highest BCUT2D eigenvalue weighted by Gasteiger charge is 2.44. The van der Waals surface area contributed by atoms with Crippen LogP contribution in [0.5, 0.6) is 5.88 Å². The molecule has 15 heteroatoms. The minimum absolute atomic E-state index is 0.0508. The van der Waals surface area contributed by atoms with Gasteiger partial charge in [-0.1, -0.05) is 36.4 Å². The third-order valence-corrected chi connectivity index (χ3v) is 9.24. The van der Waals surface area contributed by atoms with Crippen molar-refractivity contribution >= 4 is 50.4 Å². The number of sulfonamides is 1. The van der Waals surface area contributed by atoms with Crippen LogP contribution >= 0.6 is 0 Å². The van der Waals surface area contributed by atoms with Crippen LogP contribution in [-0.4, -0.2) is 80.0 Å². The molecule has 5 rings (SSSR count). The highest BCUT2D eigenvalue weighted by Crippen LogP contribution is 2.31. The summed E-state index contributed by atoms with van der Waals surface area (Å²) in [5.74, 6) is -3.20. The van der Waals surface area contributed by atoms with Crippen LogP contribution < -0.4 is 9.46 Å². The Labute approximate surface area is 264 Å². The molecule has 1 fully saturated rings. The maximum atomic E-state index is 14.0. The lowest BCUT2D eigenvalue weighted by molar-refractivity contribution is -0.387. The van der Waals surface area contributed by atoms with Gasteiger partial charge < -0.3 is 19.1 Å². The number of cyclic esters (lactones) is 1. The molecule has 3 aromatic rings. The van der Waals surface area contributed by atoms with E-state index in [0.29, 0.717) is 18.7 Å². The molecule has 2 aliphatic heterocycles. The number of carbonyl (C=O) groups excluding carboxylic acids is 3. The summed E-state index contributed by atoms with van der Waals surface area (Å²) < 4.78 is 45.1. The molecule has 0 unspecified atom stereocenters. The van der Waals surface area contributed by atoms with E-state index in [1.165, 1.54) is 24.1 Å². The van der Waals surface area contributed by atoms with Crippen molar-refractivity contribution in [2.75, 3.05) is 26.8 Å². The molecule has 4 bridgehead atoms. The number of ether oxygens (including phenoxy) is 3. The van der Waals surface area contributed by atoms with Gasteiger partial charge in [0.2, 0.25) is 21.8 Å². The molecule has 1 N–H and O–H groups in total. The fourth-order valence-corrected chi connectivity index (χ4v) is 6.72. The van der Waals surface area contributed by atoms with Gasteiger partial charge in [0.1, 0.15) is 12.1 Å². The number of hydrogen-bond acceptors (Lipinski definition) is 11. The van der Waals surface area contributed by atoms with E-state index in [-0.39, 0.29) is 19.6 Å². The quantitative estimate of drug-likeness (QED) is 0.235. The molecular formula is C31H32N4O10S. The van der Waals surface area contributed by atoms with E-state index >= 15 is 0 Å². The number of nitrogens with one attached hydrogen (secondary N) is 1. The number of pyridine rings is 1. The van der Waals surface area contributed by atoms with E-state index in [9.17, 15) is 32.9 Å². The SMILES string of the molecule is COC(=O)[C@@H]1C[C@@H]2CN1C(=O)[C@H](CNS(=O)(=O)c1ccccc1[N+](=O)[O-])CC(=O)OCCC/C=C/c1ccc3ccnc(c3c1)O2. The van der Waals surface area contributed by atoms with Crippen molar-refractivity contribution in [1.29, 1.82) is 0 Å². The smallest absolute Gasteiger partial charge is 0.328 e. The number of nitro benzene ring substituents is 1. The summed E-state index contributed by atoms with van der Waals surface area (Å²) >= 11 is 0. The van der Waals surface area contributed by atoms with Crippen LogP contribution in [0.2, 0.25) is 0 Å². The number of amides is 1. The molecule has 242 valence electrons. The summed E-state index contributed by atoms with van der Waals surface area (Å²) in [7, 11) is -3.32. The van der Waals surface area contributed by atoms with Crippen molar-refractivity contribution in [2.45, 2.75) is 42.7 Å². The van der Waals surface area contributed by atoms with Crippen LogP contribution in [0.4, 0.5) is 5.69 Å². The van der Waals surface area contributed by atoms with E-state index in [1.54, 1.807) is 6.20 Å². The second-order valence-electron chi connectivity index (χ2n) is 10.8. The first-order valence-electron chi connectivity index (χ1n) is 14.6. The summed E-state index contributed by atoms with van der Waals surface area (Å²) in [5, 5.41) is 13.1. The molecule has 0 spiro atoms. The molecule has 3 heterocycles. The number of hydrogen-bond donors (Lipinski definition) is 1. The second-order valence-corrected chi connectivity index (χ2v) is 12.6. The first-order chi connectivity index (χ1) is 22.1. The lowest BCUT2D eigenvalue weighted by Crippen LogP contribution is -2.47. The van der Waals surface area contributed by atoms with Gasteiger partial charge in [-0.05, 0) is 42.0 Å². The average Bonchev–Trinajstić information content (AvgIpc) is 3.47. The van der Waals surface area contributed by atoms with Crippen LogP contribution in [0.25, 0.3) is 16.8 Å². The number of benzene rings is 2. The number of esters is 2. The minimum atomic E-state index is -4.50. The van der Waals surface area contributed by atoms with Gasteiger partial charge in [0.25, 0.3) is 5.69 Å². The van der Waals surface area contributed by atoms with E-state index in [0.717, 1.165) is 28.5 Å². The van der Waals surface area contributed by atoms with Crippen molar-refractivity contribution in [2.24, 2.45) is 5.92 Å². The number of allylic oxidation sites excluding steroid dienone is 1. The van der Waals surface area contributed by atoms with E-state index in [4.69, 9.17) is 14.2 Å². The van der Waals surface area contributed by atoms with Crippen molar-refractivity contribution in [3.63, 3.8) is 0 Å². The Balaban J connectivity index is 1.47. The zero-order chi connectivity index (χ0) is 32.8. The number of methoxy groups -OCH3 is 1. The molecule has 0 radical (unpaired) electrons. The fourth-order valence-electron chi connectivity index (χ4n) is 5.47. The molecule has 2 aliphatic rings. The third kappa shape index (κ3) is 7.32. The van der Waals surface area contributed by atoms with Gasteiger partial charge in [0.15, 0.2) is 4.90 Å². The molecule has 1 amide bonds. The molecule has 1 aromatic heterocycles. The number of rotatable bonds is 6. The molecule has 46 heavy (non-hydrogen) atoms. The monoisotopic (exact) mass is 652 g/mol. The minimum Gasteiger partial charge on any atom is -0.472 e. The third-order valence-electron chi connectivity index (χ3n) is 7.77. The van der Waals surface area contributed by atoms with E-state index in [2.05, 4.69) is 9.71 Å². The Kier molecular flexibility index (Phi) is 9.92. The molecular weight excluding hydrogens is 620 g/mol. The van der Waals surface area contributed by atoms with Crippen LogP contribution in [0, 0.1) is 16.0 Å². The number of aromatic nitrogens is 1. The molecule has 2 aromatic carbocycles. The van der Waals surface area contributed by atoms with Gasteiger partial charge in [0.05, 0.1) is 37.5 Å². The first-order valence-corrected chi connectivity index (χ1v) is 16.0. The highest BCUT2D eigenvalue weighted by atomic mass is 32.2. The van der Waals surface area contributed by atoms with Gasteiger partial charge >= 0.3 is 11.9 Å². The van der Waals surface area contributed by atoms with Crippen molar-refractivity contribution in [1.82, 2.24) is 14.6 Å². The van der Waals surface area contributed by atoms with Gasteiger partial charge in [-0.15, -0.1) is 0 Å². The first kappa shape index (κ1) is 32.5. The fraction of sp³-hybridized carbons (Fsp3) is 0.355. The Bertz CT molecular complexity index is 1790. The molecule has 0 saturated carbocycles. The maximum Gasteiger partial charge on any atom is 0.328 e. The van der Waals surface area contributed by atoms with Crippen molar-refractivity contribution in [3.05, 3.63) is 76.5 Å². The Morgan fingerprint density at radius 3 is 2.78 bits per heavy atom. The Morgan fingerprint density at radius 1 is 1.20 bits per heavy atom. The van der Waals surface area contributed by atoms with Gasteiger partial charge in [0, 0.05) is 30.6 Å². The average molecular weight is 653 g/mol. The number of nitro groups is 1. The second kappa shape index (κ2) is 14.0. The largest absolute Gasteiger partial charge is 0.472 e. The van der Waals surface area contributed by atoms with Gasteiger partial charge in [-0.25, -0.2) is 22.9 Å². The predicted molar refractivity (Wildman–Crippen MR) is 164 cm³/mol. The summed E-state index contributed by atoms with van der Waals surface area (Å²) in [5.41, 5.74) is 0.254. The number of carbonyl (C=O) groups is 3. The van der Waals surface area contributed by atoms with Gasteiger partial charge in [-0.2, -0.15) is 0 Å². The summed E-state index contributed by atoms with van der Waals surface area (Å²) in [6.45, 7) is -0.629. The molecule has 0 aliphatic carbocycles. The summed E-state index contributed by atoms with van der Waals surface area (Å²) in [6.07, 6.45) is 5.40. The van der Waals surface area contributed by atoms with Gasteiger partial charge in [-0.3, -0.25) is 19.7 Å². The number of fused-ring (bicyclic) bond motifs is 3. The zero-order valence-electron chi connectivity index (χ0n) is 24.9. The highest BCUT2D eigenvalue weighted by molar-refractivity contribution is 7.89. The topological polar surface area (TPSA) is 184 Å². The maximum absolute atomic E-state index is 14.0. The van der Waals surface area contributed by atoms with Crippen LogP contribution in [-0.2, 0) is 33.9 Å². The van der Waals surface area contributed by atoms with Crippen molar-refractivity contribution in [3.8, 4) is 5.88 Å². The standard InChI is InChI=1S/C31H32N4O10S/c1-43-31(38)26-17-23-19-34(26)30(37)22(18-33-46(41,42)27-9-5-4-8-25(27)35(39)40)16-28(36)44-14-6-2-3-7-20-10-11-21-12-13-32-29(45-23)24(21)15-20/h3-5,7-13,15,22-23,26,33H,2,6,14,16-19H2,1H3/b7-3+/t22-,23+,26-/m0/s1. The predicted octanol–water partition coefficient (Wildman–Crippen LogP) is 3.00.